The molecule has 6 heteroatoms. The van der Waals surface area contributed by atoms with Gasteiger partial charge in [-0.25, -0.2) is 4.79 Å². The Hall–Kier alpha value is -4.19. The van der Waals surface area contributed by atoms with E-state index in [4.69, 9.17) is 0 Å². The molecule has 3 rings (SSSR count). The topological polar surface area (TPSA) is 95.5 Å². The highest BCUT2D eigenvalue weighted by molar-refractivity contribution is 6.06. The van der Waals surface area contributed by atoms with Gasteiger partial charge in [-0.15, -0.1) is 0 Å². The van der Waals surface area contributed by atoms with Crippen LogP contribution in [0.15, 0.2) is 96.7 Å². The highest BCUT2D eigenvalue weighted by Crippen LogP contribution is 2.09. The minimum absolute atomic E-state index is 0.0423. The zero-order valence-corrected chi connectivity index (χ0v) is 16.7. The molecule has 0 aliphatic carbocycles. The number of rotatable bonds is 8. The zero-order chi connectivity index (χ0) is 22.1. The molecular formula is C25H22N2O4. The lowest BCUT2D eigenvalue weighted by molar-refractivity contribution is -0.141. The molecule has 0 aliphatic rings. The number of aliphatic carboxylic acids is 1. The zero-order valence-electron chi connectivity index (χ0n) is 16.7. The molecule has 0 radical (unpaired) electrons. The van der Waals surface area contributed by atoms with Crippen molar-refractivity contribution in [2.45, 2.75) is 12.5 Å². The second kappa shape index (κ2) is 10.5. The SMILES string of the molecule is O=C(NC(Cc1ccccc1)C(=O)O)/C(=C\c1ccccc1)NC(=O)c1ccccc1. The van der Waals surface area contributed by atoms with Gasteiger partial charge in [0.15, 0.2) is 0 Å². The first kappa shape index (κ1) is 21.5. The van der Waals surface area contributed by atoms with Crippen LogP contribution in [0, 0.1) is 0 Å². The molecule has 0 saturated carbocycles. The maximum Gasteiger partial charge on any atom is 0.326 e. The van der Waals surface area contributed by atoms with Gasteiger partial charge in [-0.05, 0) is 29.3 Å². The Labute approximate surface area is 180 Å². The molecule has 0 saturated heterocycles. The van der Waals surface area contributed by atoms with Crippen molar-refractivity contribution >= 4 is 23.9 Å². The number of hydrogen-bond acceptors (Lipinski definition) is 3. The van der Waals surface area contributed by atoms with Gasteiger partial charge in [0, 0.05) is 12.0 Å². The molecular weight excluding hydrogens is 392 g/mol. The fraction of sp³-hybridized carbons (Fsp3) is 0.0800. The largest absolute Gasteiger partial charge is 0.480 e. The number of nitrogens with one attached hydrogen (secondary N) is 2. The first-order chi connectivity index (χ1) is 15.0. The number of amides is 2. The van der Waals surface area contributed by atoms with Gasteiger partial charge in [0.25, 0.3) is 11.8 Å². The summed E-state index contributed by atoms with van der Waals surface area (Å²) in [5, 5.41) is 14.7. The highest BCUT2D eigenvalue weighted by Gasteiger charge is 2.23. The summed E-state index contributed by atoms with van der Waals surface area (Å²) in [6.07, 6.45) is 1.63. The minimum Gasteiger partial charge on any atom is -0.480 e. The quantitative estimate of drug-likeness (QED) is 0.493. The Morgan fingerprint density at radius 3 is 1.94 bits per heavy atom. The van der Waals surface area contributed by atoms with Crippen molar-refractivity contribution in [3.8, 4) is 0 Å². The van der Waals surface area contributed by atoms with Crippen molar-refractivity contribution in [3.05, 3.63) is 113 Å². The van der Waals surface area contributed by atoms with Gasteiger partial charge < -0.3 is 15.7 Å². The van der Waals surface area contributed by atoms with Crippen LogP contribution in [0.4, 0.5) is 0 Å². The molecule has 3 aromatic carbocycles. The fourth-order valence-corrected chi connectivity index (χ4v) is 2.94. The third-order valence-corrected chi connectivity index (χ3v) is 4.53. The third-order valence-electron chi connectivity index (χ3n) is 4.53. The van der Waals surface area contributed by atoms with Crippen LogP contribution in [0.25, 0.3) is 6.08 Å². The normalized spacial score (nSPS) is 11.9. The first-order valence-electron chi connectivity index (χ1n) is 9.73. The van der Waals surface area contributed by atoms with E-state index in [-0.39, 0.29) is 12.1 Å². The molecule has 3 N–H and O–H groups in total. The number of benzene rings is 3. The predicted molar refractivity (Wildman–Crippen MR) is 118 cm³/mol. The second-order valence-corrected chi connectivity index (χ2v) is 6.84. The monoisotopic (exact) mass is 414 g/mol. The van der Waals surface area contributed by atoms with E-state index >= 15 is 0 Å². The fourth-order valence-electron chi connectivity index (χ4n) is 2.94. The van der Waals surface area contributed by atoms with Crippen LogP contribution < -0.4 is 10.6 Å². The maximum atomic E-state index is 13.0. The Morgan fingerprint density at radius 2 is 1.35 bits per heavy atom. The number of carbonyl (C=O) groups is 3. The van der Waals surface area contributed by atoms with E-state index in [1.54, 1.807) is 78.9 Å². The van der Waals surface area contributed by atoms with Crippen LogP contribution in [0.5, 0.6) is 0 Å². The summed E-state index contributed by atoms with van der Waals surface area (Å²) < 4.78 is 0. The van der Waals surface area contributed by atoms with Gasteiger partial charge >= 0.3 is 5.97 Å². The third kappa shape index (κ3) is 6.40. The lowest BCUT2D eigenvalue weighted by atomic mass is 10.1. The van der Waals surface area contributed by atoms with Crippen molar-refractivity contribution in [1.82, 2.24) is 10.6 Å². The summed E-state index contributed by atoms with van der Waals surface area (Å²) in [6.45, 7) is 0. The molecule has 0 heterocycles. The van der Waals surface area contributed by atoms with E-state index in [9.17, 15) is 19.5 Å². The number of carbonyl (C=O) groups excluding carboxylic acids is 2. The van der Waals surface area contributed by atoms with Crippen LogP contribution in [0.1, 0.15) is 21.5 Å². The van der Waals surface area contributed by atoms with Crippen molar-refractivity contribution in [3.63, 3.8) is 0 Å². The maximum absolute atomic E-state index is 13.0. The van der Waals surface area contributed by atoms with Crippen LogP contribution in [-0.2, 0) is 16.0 Å². The summed E-state index contributed by atoms with van der Waals surface area (Å²) in [5.74, 6) is -2.31. The van der Waals surface area contributed by atoms with E-state index in [0.29, 0.717) is 11.1 Å². The van der Waals surface area contributed by atoms with Crippen LogP contribution >= 0.6 is 0 Å². The van der Waals surface area contributed by atoms with E-state index in [1.165, 1.54) is 6.08 Å². The van der Waals surface area contributed by atoms with Crippen LogP contribution in [-0.4, -0.2) is 28.9 Å². The average molecular weight is 414 g/mol. The molecule has 1 unspecified atom stereocenters. The molecule has 3 aromatic rings. The van der Waals surface area contributed by atoms with Gasteiger partial charge in [0.2, 0.25) is 0 Å². The summed E-state index contributed by atoms with van der Waals surface area (Å²) in [7, 11) is 0. The van der Waals surface area contributed by atoms with Crippen molar-refractivity contribution < 1.29 is 19.5 Å². The van der Waals surface area contributed by atoms with E-state index in [2.05, 4.69) is 10.6 Å². The van der Waals surface area contributed by atoms with Gasteiger partial charge in [-0.1, -0.05) is 78.9 Å². The van der Waals surface area contributed by atoms with Gasteiger partial charge in [-0.3, -0.25) is 9.59 Å². The molecule has 31 heavy (non-hydrogen) atoms. The first-order valence-corrected chi connectivity index (χ1v) is 9.73. The van der Waals surface area contributed by atoms with E-state index in [0.717, 1.165) is 5.56 Å². The molecule has 0 bridgehead atoms. The lowest BCUT2D eigenvalue weighted by Gasteiger charge is -2.17. The van der Waals surface area contributed by atoms with Crippen molar-refractivity contribution in [1.29, 1.82) is 0 Å². The number of hydrogen-bond donors (Lipinski definition) is 3. The second-order valence-electron chi connectivity index (χ2n) is 6.84. The summed E-state index contributed by atoms with van der Waals surface area (Å²) in [4.78, 5) is 37.3. The Bertz CT molecular complexity index is 1060. The molecule has 0 spiro atoms. The molecule has 156 valence electrons. The highest BCUT2D eigenvalue weighted by atomic mass is 16.4. The van der Waals surface area contributed by atoms with E-state index < -0.39 is 23.8 Å². The predicted octanol–water partition coefficient (Wildman–Crippen LogP) is 3.27. The van der Waals surface area contributed by atoms with Gasteiger partial charge in [-0.2, -0.15) is 0 Å². The molecule has 0 fully saturated rings. The van der Waals surface area contributed by atoms with E-state index in [1.807, 2.05) is 12.1 Å². The smallest absolute Gasteiger partial charge is 0.326 e. The Morgan fingerprint density at radius 1 is 0.806 bits per heavy atom. The van der Waals surface area contributed by atoms with Crippen LogP contribution in [0.3, 0.4) is 0 Å². The van der Waals surface area contributed by atoms with Gasteiger partial charge in [0.1, 0.15) is 11.7 Å². The minimum atomic E-state index is -1.16. The molecule has 6 nitrogen and oxygen atoms in total. The Balaban J connectivity index is 1.83. The summed E-state index contributed by atoms with van der Waals surface area (Å²) >= 11 is 0. The standard InChI is InChI=1S/C25H22N2O4/c28-23(20-14-8-3-9-15-20)26-21(16-18-10-4-1-5-11-18)24(29)27-22(25(30)31)17-19-12-6-2-7-13-19/h1-16,22H,17H2,(H,26,28)(H,27,29)(H,30,31)/b21-16+. The average Bonchev–Trinajstić information content (AvgIpc) is 2.80. The van der Waals surface area contributed by atoms with Crippen molar-refractivity contribution in [2.75, 3.05) is 0 Å². The molecule has 1 atom stereocenters. The number of carboxylic acids is 1. The number of carboxylic acid groups (broad SMARTS) is 1. The summed E-state index contributed by atoms with van der Waals surface area (Å²) in [5.41, 5.74) is 1.81. The Kier molecular flexibility index (Phi) is 7.32. The molecule has 0 aliphatic heterocycles. The molecule has 2 amide bonds. The molecule has 0 aromatic heterocycles. The summed E-state index contributed by atoms with van der Waals surface area (Å²) in [6, 6.07) is 25.3. The van der Waals surface area contributed by atoms with Crippen molar-refractivity contribution in [2.24, 2.45) is 0 Å². The van der Waals surface area contributed by atoms with Gasteiger partial charge in [0.05, 0.1) is 0 Å². The van der Waals surface area contributed by atoms with Crippen LogP contribution in [0.2, 0.25) is 0 Å². The lowest BCUT2D eigenvalue weighted by Crippen LogP contribution is -2.45.